The number of anilines is 1. The van der Waals surface area contributed by atoms with Crippen LogP contribution in [0.25, 0.3) is 27.8 Å². The highest BCUT2D eigenvalue weighted by Gasteiger charge is 2.48. The second-order valence-corrected chi connectivity index (χ2v) is 9.59. The van der Waals surface area contributed by atoms with E-state index in [0.717, 1.165) is 65.1 Å². The highest BCUT2D eigenvalue weighted by Crippen LogP contribution is 2.34. The molecule has 1 aliphatic heterocycles. The Labute approximate surface area is 209 Å². The van der Waals surface area contributed by atoms with Gasteiger partial charge in [0.05, 0.1) is 28.7 Å². The molecule has 3 heterocycles. The number of rotatable bonds is 7. The van der Waals surface area contributed by atoms with Crippen LogP contribution in [-0.2, 0) is 9.53 Å². The Balaban J connectivity index is 1.18. The average Bonchev–Trinajstić information content (AvgIpc) is 3.53. The third-order valence-corrected chi connectivity index (χ3v) is 7.13. The maximum Gasteiger partial charge on any atom is 0.242 e. The minimum Gasteiger partial charge on any atom is -0.491 e. The summed E-state index contributed by atoms with van der Waals surface area (Å²) in [5, 5.41) is 1.08. The van der Waals surface area contributed by atoms with E-state index in [-0.39, 0.29) is 5.91 Å². The predicted octanol–water partition coefficient (Wildman–Crippen LogP) is 2.74. The fraction of sp³-hybridized carbons (Fsp3) is 0.370. The summed E-state index contributed by atoms with van der Waals surface area (Å²) < 4.78 is 12.7. The fourth-order valence-electron chi connectivity index (χ4n) is 4.77. The van der Waals surface area contributed by atoms with Crippen LogP contribution in [0.4, 0.5) is 5.69 Å². The van der Waals surface area contributed by atoms with Crippen LogP contribution in [0, 0.1) is 0 Å². The predicted molar refractivity (Wildman–Crippen MR) is 139 cm³/mol. The molecule has 0 atom stereocenters. The summed E-state index contributed by atoms with van der Waals surface area (Å²) in [6.45, 7) is 4.06. The Hall–Kier alpha value is -3.69. The van der Waals surface area contributed by atoms with Gasteiger partial charge in [0.2, 0.25) is 5.91 Å². The standard InChI is InChI=1S/C27H30N6O3/c1-35-14-15-36-21-4-6-24-23(17-21)29-18-33(24)25-7-2-19-16-20(3-5-22(19)30-25)31-10-12-32(13-11-31)26(34)27(28)8-9-27/h2-7,16-18H,8-15,28H2,1H3. The SMILES string of the molecule is COCCOc1ccc2c(c1)ncn2-c1ccc2cc(N3CCN(C(=O)C4(N)CC4)CC3)ccc2n1. The number of ether oxygens (including phenoxy) is 2. The highest BCUT2D eigenvalue weighted by atomic mass is 16.5. The molecule has 4 aromatic rings. The van der Waals surface area contributed by atoms with Crippen molar-refractivity contribution >= 4 is 33.5 Å². The molecule has 2 aromatic heterocycles. The van der Waals surface area contributed by atoms with Crippen LogP contribution in [0.5, 0.6) is 5.75 Å². The molecular weight excluding hydrogens is 456 g/mol. The van der Waals surface area contributed by atoms with Gasteiger partial charge in [0.25, 0.3) is 0 Å². The van der Waals surface area contributed by atoms with Gasteiger partial charge in [0.1, 0.15) is 24.5 Å². The minimum atomic E-state index is -0.588. The molecule has 0 bridgehead atoms. The van der Waals surface area contributed by atoms with E-state index in [4.69, 9.17) is 20.2 Å². The lowest BCUT2D eigenvalue weighted by Crippen LogP contribution is -2.54. The molecule has 1 amide bonds. The Kier molecular flexibility index (Phi) is 5.73. The summed E-state index contributed by atoms with van der Waals surface area (Å²) in [4.78, 5) is 26.2. The number of methoxy groups -OCH3 is 1. The second kappa shape index (κ2) is 9.07. The number of hydrogen-bond donors (Lipinski definition) is 1. The van der Waals surface area contributed by atoms with E-state index in [1.165, 1.54) is 0 Å². The van der Waals surface area contributed by atoms with E-state index in [1.807, 2.05) is 33.7 Å². The zero-order valence-electron chi connectivity index (χ0n) is 20.4. The summed E-state index contributed by atoms with van der Waals surface area (Å²) in [6, 6.07) is 16.3. The van der Waals surface area contributed by atoms with Gasteiger partial charge in [-0.3, -0.25) is 9.36 Å². The van der Waals surface area contributed by atoms with Crippen LogP contribution in [0.2, 0.25) is 0 Å². The van der Waals surface area contributed by atoms with Crippen molar-refractivity contribution < 1.29 is 14.3 Å². The molecule has 1 aliphatic carbocycles. The lowest BCUT2D eigenvalue weighted by Gasteiger charge is -2.37. The van der Waals surface area contributed by atoms with E-state index in [2.05, 4.69) is 34.1 Å². The highest BCUT2D eigenvalue weighted by molar-refractivity contribution is 5.89. The van der Waals surface area contributed by atoms with Crippen molar-refractivity contribution in [1.29, 1.82) is 0 Å². The fourth-order valence-corrected chi connectivity index (χ4v) is 4.77. The molecule has 1 saturated heterocycles. The van der Waals surface area contributed by atoms with E-state index in [9.17, 15) is 4.79 Å². The van der Waals surface area contributed by atoms with Crippen LogP contribution in [0.15, 0.2) is 54.9 Å². The third-order valence-electron chi connectivity index (χ3n) is 7.13. The quantitative estimate of drug-likeness (QED) is 0.401. The maximum atomic E-state index is 12.5. The Morgan fingerprint density at radius 3 is 2.61 bits per heavy atom. The first-order valence-corrected chi connectivity index (χ1v) is 12.4. The molecule has 1 saturated carbocycles. The first-order chi connectivity index (χ1) is 17.5. The molecule has 0 unspecified atom stereocenters. The summed E-state index contributed by atoms with van der Waals surface area (Å²) in [7, 11) is 1.65. The number of benzene rings is 2. The zero-order valence-corrected chi connectivity index (χ0v) is 20.4. The molecule has 2 aliphatic rings. The normalized spacial score (nSPS) is 17.1. The molecular formula is C27H30N6O3. The molecule has 6 rings (SSSR count). The summed E-state index contributed by atoms with van der Waals surface area (Å²) >= 11 is 0. The number of nitrogens with two attached hydrogens (primary N) is 1. The lowest BCUT2D eigenvalue weighted by atomic mass is 10.1. The van der Waals surface area contributed by atoms with Gasteiger partial charge in [-0.15, -0.1) is 0 Å². The van der Waals surface area contributed by atoms with Gasteiger partial charge in [0, 0.05) is 50.4 Å². The van der Waals surface area contributed by atoms with Gasteiger partial charge in [-0.1, -0.05) is 0 Å². The molecule has 0 radical (unpaired) electrons. The van der Waals surface area contributed by atoms with Crippen molar-refractivity contribution in [3.8, 4) is 11.6 Å². The van der Waals surface area contributed by atoms with Gasteiger partial charge in [0.15, 0.2) is 0 Å². The minimum absolute atomic E-state index is 0.110. The molecule has 186 valence electrons. The Bertz CT molecular complexity index is 1420. The molecule has 0 spiro atoms. The van der Waals surface area contributed by atoms with Crippen molar-refractivity contribution in [2.45, 2.75) is 18.4 Å². The molecule has 9 heteroatoms. The number of aromatic nitrogens is 3. The number of amides is 1. The largest absolute Gasteiger partial charge is 0.491 e. The summed E-state index contributed by atoms with van der Waals surface area (Å²) in [5.41, 5.74) is 9.40. The van der Waals surface area contributed by atoms with E-state index < -0.39 is 5.54 Å². The number of carbonyl (C=O) groups excluding carboxylic acids is 1. The van der Waals surface area contributed by atoms with E-state index >= 15 is 0 Å². The zero-order chi connectivity index (χ0) is 24.7. The van der Waals surface area contributed by atoms with Crippen molar-refractivity contribution in [2.75, 3.05) is 51.4 Å². The average molecular weight is 487 g/mol. The number of piperazine rings is 1. The summed E-state index contributed by atoms with van der Waals surface area (Å²) in [6.07, 6.45) is 3.41. The van der Waals surface area contributed by atoms with Crippen molar-refractivity contribution in [3.63, 3.8) is 0 Å². The molecule has 36 heavy (non-hydrogen) atoms. The monoisotopic (exact) mass is 486 g/mol. The van der Waals surface area contributed by atoms with Crippen molar-refractivity contribution in [1.82, 2.24) is 19.4 Å². The Morgan fingerprint density at radius 1 is 1.00 bits per heavy atom. The first-order valence-electron chi connectivity index (χ1n) is 12.4. The van der Waals surface area contributed by atoms with Gasteiger partial charge >= 0.3 is 0 Å². The third kappa shape index (κ3) is 4.25. The first kappa shape index (κ1) is 22.8. The number of pyridine rings is 1. The number of imidazole rings is 1. The number of nitrogens with zero attached hydrogens (tertiary/aromatic N) is 5. The van der Waals surface area contributed by atoms with Gasteiger partial charge < -0.3 is 25.0 Å². The molecule has 2 fully saturated rings. The van der Waals surface area contributed by atoms with Crippen LogP contribution in [0.3, 0.4) is 0 Å². The molecule has 2 aromatic carbocycles. The van der Waals surface area contributed by atoms with Crippen LogP contribution in [-0.4, -0.2) is 77.4 Å². The number of hydrogen-bond acceptors (Lipinski definition) is 7. The lowest BCUT2D eigenvalue weighted by molar-refractivity contribution is -0.133. The molecule has 2 N–H and O–H groups in total. The number of fused-ring (bicyclic) bond motifs is 2. The van der Waals surface area contributed by atoms with Crippen molar-refractivity contribution in [3.05, 3.63) is 54.9 Å². The maximum absolute atomic E-state index is 12.5. The van der Waals surface area contributed by atoms with Crippen LogP contribution >= 0.6 is 0 Å². The smallest absolute Gasteiger partial charge is 0.242 e. The van der Waals surface area contributed by atoms with E-state index in [0.29, 0.717) is 26.3 Å². The van der Waals surface area contributed by atoms with Crippen LogP contribution < -0.4 is 15.4 Å². The number of carbonyl (C=O) groups is 1. The summed E-state index contributed by atoms with van der Waals surface area (Å²) in [5.74, 6) is 1.69. The van der Waals surface area contributed by atoms with Crippen molar-refractivity contribution in [2.24, 2.45) is 5.73 Å². The van der Waals surface area contributed by atoms with Gasteiger partial charge in [-0.25, -0.2) is 9.97 Å². The van der Waals surface area contributed by atoms with Gasteiger partial charge in [-0.2, -0.15) is 0 Å². The van der Waals surface area contributed by atoms with E-state index in [1.54, 1.807) is 13.4 Å². The Morgan fingerprint density at radius 2 is 1.83 bits per heavy atom. The van der Waals surface area contributed by atoms with Crippen LogP contribution in [0.1, 0.15) is 12.8 Å². The second-order valence-electron chi connectivity index (χ2n) is 9.59. The molecule has 9 nitrogen and oxygen atoms in total. The van der Waals surface area contributed by atoms with Gasteiger partial charge in [-0.05, 0) is 55.3 Å². The topological polar surface area (TPSA) is 98.7 Å².